The standard InChI is InChI=1S/C24H26N2O5/c1-16(26-17(2)27)14-29-23-13-25-24(31-23)19-8-10-20(11-9-19)30-22-5-3-4-21(12-22)28-15-18-6-7-18/h3-5,8-13,16,18H,6-7,14-15H2,1-2H3,(H,26,27). The molecule has 0 radical (unpaired) electrons. The first kappa shape index (κ1) is 20.8. The highest BCUT2D eigenvalue weighted by Gasteiger charge is 2.21. The zero-order valence-corrected chi connectivity index (χ0v) is 17.7. The molecule has 0 saturated heterocycles. The van der Waals surface area contributed by atoms with Crippen molar-refractivity contribution in [3.8, 4) is 34.6 Å². The number of oxazole rings is 1. The van der Waals surface area contributed by atoms with Gasteiger partial charge in [0.05, 0.1) is 12.6 Å². The van der Waals surface area contributed by atoms with E-state index in [0.29, 0.717) is 30.1 Å². The van der Waals surface area contributed by atoms with Crippen LogP contribution in [0, 0.1) is 5.92 Å². The average molecular weight is 422 g/mol. The molecule has 1 aliphatic carbocycles. The Labute approximate surface area is 181 Å². The molecule has 162 valence electrons. The summed E-state index contributed by atoms with van der Waals surface area (Å²) in [5.41, 5.74) is 0.804. The van der Waals surface area contributed by atoms with Crippen LogP contribution in [0.5, 0.6) is 23.2 Å². The smallest absolute Gasteiger partial charge is 0.305 e. The van der Waals surface area contributed by atoms with Crippen molar-refractivity contribution in [1.29, 1.82) is 0 Å². The molecule has 0 spiro atoms. The van der Waals surface area contributed by atoms with Gasteiger partial charge in [0.15, 0.2) is 0 Å². The Hall–Kier alpha value is -3.48. The minimum absolute atomic E-state index is 0.103. The van der Waals surface area contributed by atoms with Crippen molar-refractivity contribution in [3.05, 3.63) is 54.7 Å². The minimum atomic E-state index is -0.125. The Morgan fingerprint density at radius 3 is 2.65 bits per heavy atom. The van der Waals surface area contributed by atoms with Crippen LogP contribution in [0.4, 0.5) is 0 Å². The van der Waals surface area contributed by atoms with E-state index >= 15 is 0 Å². The van der Waals surface area contributed by atoms with E-state index in [1.165, 1.54) is 26.0 Å². The van der Waals surface area contributed by atoms with Crippen LogP contribution < -0.4 is 19.5 Å². The van der Waals surface area contributed by atoms with Crippen molar-refractivity contribution in [3.63, 3.8) is 0 Å². The van der Waals surface area contributed by atoms with Gasteiger partial charge < -0.3 is 23.9 Å². The fourth-order valence-electron chi connectivity index (χ4n) is 2.98. The van der Waals surface area contributed by atoms with Crippen molar-refractivity contribution in [1.82, 2.24) is 10.3 Å². The van der Waals surface area contributed by atoms with E-state index < -0.39 is 0 Å². The average Bonchev–Trinajstić information content (AvgIpc) is 3.47. The molecule has 7 nitrogen and oxygen atoms in total. The molecule has 7 heteroatoms. The van der Waals surface area contributed by atoms with E-state index in [1.807, 2.05) is 55.5 Å². The summed E-state index contributed by atoms with van der Waals surface area (Å²) in [5.74, 6) is 3.60. The Balaban J connectivity index is 1.32. The van der Waals surface area contributed by atoms with E-state index in [1.54, 1.807) is 0 Å². The monoisotopic (exact) mass is 422 g/mol. The third-order valence-corrected chi connectivity index (χ3v) is 4.73. The fourth-order valence-corrected chi connectivity index (χ4v) is 2.98. The van der Waals surface area contributed by atoms with Crippen LogP contribution in [0.2, 0.25) is 0 Å². The fraction of sp³-hybridized carbons (Fsp3) is 0.333. The molecule has 2 aromatic carbocycles. The number of ether oxygens (including phenoxy) is 3. The molecule has 4 rings (SSSR count). The largest absolute Gasteiger partial charge is 0.493 e. The van der Waals surface area contributed by atoms with Crippen LogP contribution in [0.1, 0.15) is 26.7 Å². The Kier molecular flexibility index (Phi) is 6.40. The first-order valence-corrected chi connectivity index (χ1v) is 10.4. The predicted octanol–water partition coefficient (Wildman–Crippen LogP) is 4.83. The van der Waals surface area contributed by atoms with Crippen molar-refractivity contribution in [2.45, 2.75) is 32.7 Å². The zero-order valence-electron chi connectivity index (χ0n) is 17.7. The molecule has 0 aliphatic heterocycles. The first-order valence-electron chi connectivity index (χ1n) is 10.4. The number of hydrogen-bond donors (Lipinski definition) is 1. The Morgan fingerprint density at radius 1 is 1.13 bits per heavy atom. The second-order valence-electron chi connectivity index (χ2n) is 7.75. The summed E-state index contributed by atoms with van der Waals surface area (Å²) in [6.45, 7) is 4.39. The quantitative estimate of drug-likeness (QED) is 0.504. The van der Waals surface area contributed by atoms with Gasteiger partial charge in [0.2, 0.25) is 11.8 Å². The van der Waals surface area contributed by atoms with Gasteiger partial charge in [0, 0.05) is 18.6 Å². The number of carbonyl (C=O) groups is 1. The lowest BCUT2D eigenvalue weighted by molar-refractivity contribution is -0.119. The molecule has 1 aromatic heterocycles. The third-order valence-electron chi connectivity index (χ3n) is 4.73. The molecule has 1 N–H and O–H groups in total. The van der Waals surface area contributed by atoms with Crippen molar-refractivity contribution < 1.29 is 23.4 Å². The summed E-state index contributed by atoms with van der Waals surface area (Å²) in [5, 5.41) is 2.75. The number of amides is 1. The first-order chi connectivity index (χ1) is 15.0. The number of benzene rings is 2. The molecular formula is C24H26N2O5. The van der Waals surface area contributed by atoms with Gasteiger partial charge in [-0.15, -0.1) is 0 Å². The molecular weight excluding hydrogens is 396 g/mol. The number of carbonyl (C=O) groups excluding carboxylic acids is 1. The van der Waals surface area contributed by atoms with Gasteiger partial charge in [-0.2, -0.15) is 0 Å². The van der Waals surface area contributed by atoms with Crippen LogP contribution in [0.3, 0.4) is 0 Å². The van der Waals surface area contributed by atoms with Gasteiger partial charge in [0.25, 0.3) is 0 Å². The lowest BCUT2D eigenvalue weighted by Crippen LogP contribution is -2.35. The predicted molar refractivity (Wildman–Crippen MR) is 115 cm³/mol. The molecule has 0 bridgehead atoms. The lowest BCUT2D eigenvalue weighted by atomic mass is 10.2. The van der Waals surface area contributed by atoms with Gasteiger partial charge in [-0.05, 0) is 62.1 Å². The summed E-state index contributed by atoms with van der Waals surface area (Å²) < 4.78 is 22.9. The van der Waals surface area contributed by atoms with E-state index in [-0.39, 0.29) is 11.9 Å². The molecule has 1 unspecified atom stereocenters. The molecule has 1 fully saturated rings. The molecule has 3 aromatic rings. The number of nitrogens with zero attached hydrogens (tertiary/aromatic N) is 1. The van der Waals surface area contributed by atoms with Gasteiger partial charge in [-0.25, -0.2) is 4.98 Å². The Bertz CT molecular complexity index is 1010. The normalized spacial score (nSPS) is 14.0. The second kappa shape index (κ2) is 9.55. The van der Waals surface area contributed by atoms with Gasteiger partial charge in [-0.3, -0.25) is 4.79 Å². The van der Waals surface area contributed by atoms with Crippen LogP contribution in [-0.4, -0.2) is 30.1 Å². The summed E-state index contributed by atoms with van der Waals surface area (Å²) in [6.07, 6.45) is 4.04. The molecule has 1 atom stereocenters. The summed E-state index contributed by atoms with van der Waals surface area (Å²) in [6, 6.07) is 15.0. The van der Waals surface area contributed by atoms with E-state index in [9.17, 15) is 4.79 Å². The minimum Gasteiger partial charge on any atom is -0.493 e. The summed E-state index contributed by atoms with van der Waals surface area (Å²) in [7, 11) is 0. The van der Waals surface area contributed by atoms with E-state index in [0.717, 1.165) is 23.7 Å². The van der Waals surface area contributed by atoms with Crippen LogP contribution in [0.15, 0.2) is 59.1 Å². The maximum Gasteiger partial charge on any atom is 0.305 e. The van der Waals surface area contributed by atoms with Crippen LogP contribution >= 0.6 is 0 Å². The highest BCUT2D eigenvalue weighted by molar-refractivity contribution is 5.73. The maximum absolute atomic E-state index is 11.1. The number of rotatable bonds is 10. The highest BCUT2D eigenvalue weighted by Crippen LogP contribution is 2.31. The molecule has 1 heterocycles. The van der Waals surface area contributed by atoms with Crippen LogP contribution in [-0.2, 0) is 4.79 Å². The van der Waals surface area contributed by atoms with Crippen molar-refractivity contribution in [2.24, 2.45) is 5.92 Å². The van der Waals surface area contributed by atoms with E-state index in [2.05, 4.69) is 10.3 Å². The molecule has 1 aliphatic rings. The summed E-state index contributed by atoms with van der Waals surface area (Å²) >= 11 is 0. The van der Waals surface area contributed by atoms with Crippen LogP contribution in [0.25, 0.3) is 11.5 Å². The van der Waals surface area contributed by atoms with Crippen molar-refractivity contribution in [2.75, 3.05) is 13.2 Å². The van der Waals surface area contributed by atoms with E-state index in [4.69, 9.17) is 18.6 Å². The molecule has 1 saturated carbocycles. The molecule has 1 amide bonds. The Morgan fingerprint density at radius 2 is 1.90 bits per heavy atom. The van der Waals surface area contributed by atoms with Gasteiger partial charge in [-0.1, -0.05) is 6.07 Å². The van der Waals surface area contributed by atoms with Crippen molar-refractivity contribution >= 4 is 5.91 Å². The maximum atomic E-state index is 11.1. The topological polar surface area (TPSA) is 82.8 Å². The number of hydrogen-bond acceptors (Lipinski definition) is 6. The lowest BCUT2D eigenvalue weighted by Gasteiger charge is -2.11. The number of nitrogens with one attached hydrogen (secondary N) is 1. The third kappa shape index (κ3) is 6.25. The van der Waals surface area contributed by atoms with Gasteiger partial charge in [0.1, 0.15) is 30.1 Å². The zero-order chi connectivity index (χ0) is 21.6. The van der Waals surface area contributed by atoms with Gasteiger partial charge >= 0.3 is 5.95 Å². The molecule has 31 heavy (non-hydrogen) atoms. The SMILES string of the molecule is CC(=O)NC(C)COc1cnc(-c2ccc(Oc3cccc(OCC4CC4)c3)cc2)o1. The second-order valence-corrected chi connectivity index (χ2v) is 7.75. The highest BCUT2D eigenvalue weighted by atomic mass is 16.6. The summed E-state index contributed by atoms with van der Waals surface area (Å²) in [4.78, 5) is 15.3. The number of aromatic nitrogens is 1.